The summed E-state index contributed by atoms with van der Waals surface area (Å²) in [6, 6.07) is 6.80. The van der Waals surface area contributed by atoms with E-state index in [9.17, 15) is 4.79 Å². The first kappa shape index (κ1) is 17.3. The quantitative estimate of drug-likeness (QED) is 0.864. The van der Waals surface area contributed by atoms with Gasteiger partial charge in [-0.25, -0.2) is 4.79 Å². The van der Waals surface area contributed by atoms with Crippen molar-refractivity contribution in [1.82, 2.24) is 10.6 Å². The first-order valence-corrected chi connectivity index (χ1v) is 9.50. The molecule has 1 heterocycles. The van der Waals surface area contributed by atoms with E-state index in [2.05, 4.69) is 35.8 Å². The third-order valence-electron chi connectivity index (χ3n) is 5.38. The average Bonchev–Trinajstić information content (AvgIpc) is 2.65. The Balaban J connectivity index is 1.54. The summed E-state index contributed by atoms with van der Waals surface area (Å²) in [4.78, 5) is 12.3. The molecule has 1 unspecified atom stereocenters. The summed E-state index contributed by atoms with van der Waals surface area (Å²) in [7, 11) is 0. The SMILES string of the molecule is CCC(NC(=O)NCC1CCOCC1)c1ccc2c(c1)CCCC2. The van der Waals surface area contributed by atoms with Gasteiger partial charge in [-0.1, -0.05) is 25.1 Å². The van der Waals surface area contributed by atoms with Gasteiger partial charge in [-0.05, 0) is 67.6 Å². The van der Waals surface area contributed by atoms with E-state index in [-0.39, 0.29) is 12.1 Å². The van der Waals surface area contributed by atoms with E-state index >= 15 is 0 Å². The highest BCUT2D eigenvalue weighted by Gasteiger charge is 2.18. The Bertz CT molecular complexity index is 553. The smallest absolute Gasteiger partial charge is 0.315 e. The molecule has 4 nitrogen and oxygen atoms in total. The predicted molar refractivity (Wildman–Crippen MR) is 96.2 cm³/mol. The van der Waals surface area contributed by atoms with Gasteiger partial charge < -0.3 is 15.4 Å². The third-order valence-corrected chi connectivity index (χ3v) is 5.38. The summed E-state index contributed by atoms with van der Waals surface area (Å²) < 4.78 is 5.36. The molecule has 1 fully saturated rings. The highest BCUT2D eigenvalue weighted by atomic mass is 16.5. The first-order valence-electron chi connectivity index (χ1n) is 9.50. The molecule has 2 amide bonds. The van der Waals surface area contributed by atoms with Crippen LogP contribution in [0.1, 0.15) is 61.8 Å². The number of hydrogen-bond donors (Lipinski definition) is 2. The molecule has 24 heavy (non-hydrogen) atoms. The second-order valence-corrected chi connectivity index (χ2v) is 7.11. The van der Waals surface area contributed by atoms with Crippen molar-refractivity contribution in [3.63, 3.8) is 0 Å². The topological polar surface area (TPSA) is 50.4 Å². The van der Waals surface area contributed by atoms with E-state index in [4.69, 9.17) is 4.74 Å². The van der Waals surface area contributed by atoms with E-state index in [0.717, 1.165) is 39.0 Å². The summed E-state index contributed by atoms with van der Waals surface area (Å²) in [5.74, 6) is 0.549. The van der Waals surface area contributed by atoms with Crippen molar-refractivity contribution in [2.24, 2.45) is 5.92 Å². The summed E-state index contributed by atoms with van der Waals surface area (Å²) in [6.07, 6.45) is 7.96. The van der Waals surface area contributed by atoms with Gasteiger partial charge in [0, 0.05) is 19.8 Å². The van der Waals surface area contributed by atoms with Gasteiger partial charge in [0.15, 0.2) is 0 Å². The van der Waals surface area contributed by atoms with Crippen LogP contribution in [0.5, 0.6) is 0 Å². The monoisotopic (exact) mass is 330 g/mol. The summed E-state index contributed by atoms with van der Waals surface area (Å²) in [5.41, 5.74) is 4.20. The fourth-order valence-electron chi connectivity index (χ4n) is 3.79. The molecule has 0 aromatic heterocycles. The Morgan fingerprint density at radius 3 is 2.71 bits per heavy atom. The molecule has 1 saturated heterocycles. The molecule has 1 aliphatic heterocycles. The maximum absolute atomic E-state index is 12.3. The van der Waals surface area contributed by atoms with Gasteiger partial charge in [-0.2, -0.15) is 0 Å². The predicted octanol–water partition coefficient (Wildman–Crippen LogP) is 3.74. The number of urea groups is 1. The molecule has 2 aliphatic rings. The van der Waals surface area contributed by atoms with Crippen molar-refractivity contribution in [1.29, 1.82) is 0 Å². The number of amides is 2. The number of nitrogens with one attached hydrogen (secondary N) is 2. The molecule has 3 rings (SSSR count). The van der Waals surface area contributed by atoms with Crippen molar-refractivity contribution in [3.8, 4) is 0 Å². The minimum Gasteiger partial charge on any atom is -0.381 e. The zero-order valence-electron chi connectivity index (χ0n) is 14.8. The average molecular weight is 330 g/mol. The molecular formula is C20H30N2O2. The van der Waals surface area contributed by atoms with Crippen LogP contribution in [-0.4, -0.2) is 25.8 Å². The molecule has 1 atom stereocenters. The lowest BCUT2D eigenvalue weighted by atomic mass is 9.89. The largest absolute Gasteiger partial charge is 0.381 e. The lowest BCUT2D eigenvalue weighted by Crippen LogP contribution is -2.41. The Kier molecular flexibility index (Phi) is 6.13. The first-order chi connectivity index (χ1) is 11.8. The molecule has 0 saturated carbocycles. The van der Waals surface area contributed by atoms with Crippen molar-refractivity contribution in [2.75, 3.05) is 19.8 Å². The van der Waals surface area contributed by atoms with Crippen molar-refractivity contribution in [3.05, 3.63) is 34.9 Å². The second kappa shape index (κ2) is 8.52. The number of carbonyl (C=O) groups excluding carboxylic acids is 1. The van der Waals surface area contributed by atoms with Crippen LogP contribution in [0.15, 0.2) is 18.2 Å². The number of ether oxygens (including phenoxy) is 1. The Hall–Kier alpha value is -1.55. The summed E-state index contributed by atoms with van der Waals surface area (Å²) in [5, 5.41) is 6.19. The van der Waals surface area contributed by atoms with Gasteiger partial charge in [-0.3, -0.25) is 0 Å². The molecule has 1 aromatic rings. The van der Waals surface area contributed by atoms with E-state index in [1.165, 1.54) is 42.4 Å². The summed E-state index contributed by atoms with van der Waals surface area (Å²) in [6.45, 7) is 4.51. The van der Waals surface area contributed by atoms with Crippen LogP contribution in [0.2, 0.25) is 0 Å². The molecule has 1 aromatic carbocycles. The fraction of sp³-hybridized carbons (Fsp3) is 0.650. The standard InChI is InChI=1S/C20H30N2O2/c1-2-19(18-8-7-16-5-3-4-6-17(16)13-18)22-20(23)21-14-15-9-11-24-12-10-15/h7-8,13,15,19H,2-6,9-12,14H2,1H3,(H2,21,22,23). The van der Waals surface area contributed by atoms with Crippen LogP contribution < -0.4 is 10.6 Å². The highest BCUT2D eigenvalue weighted by Crippen LogP contribution is 2.26. The number of carbonyl (C=O) groups is 1. The Morgan fingerprint density at radius 2 is 1.96 bits per heavy atom. The molecule has 4 heteroatoms. The lowest BCUT2D eigenvalue weighted by molar-refractivity contribution is 0.0669. The molecule has 132 valence electrons. The van der Waals surface area contributed by atoms with Crippen LogP contribution in [0, 0.1) is 5.92 Å². The van der Waals surface area contributed by atoms with E-state index in [1.807, 2.05) is 0 Å². The maximum atomic E-state index is 12.3. The second-order valence-electron chi connectivity index (χ2n) is 7.11. The van der Waals surface area contributed by atoms with Crippen molar-refractivity contribution < 1.29 is 9.53 Å². The minimum absolute atomic E-state index is 0.0499. The van der Waals surface area contributed by atoms with Gasteiger partial charge in [0.05, 0.1) is 6.04 Å². The Morgan fingerprint density at radius 1 is 1.21 bits per heavy atom. The van der Waals surface area contributed by atoms with Gasteiger partial charge in [0.1, 0.15) is 0 Å². The van der Waals surface area contributed by atoms with Gasteiger partial charge in [0.2, 0.25) is 0 Å². The van der Waals surface area contributed by atoms with E-state index < -0.39 is 0 Å². The number of benzene rings is 1. The lowest BCUT2D eigenvalue weighted by Gasteiger charge is -2.24. The minimum atomic E-state index is -0.0499. The number of rotatable bonds is 5. The highest BCUT2D eigenvalue weighted by molar-refractivity contribution is 5.74. The fourth-order valence-corrected chi connectivity index (χ4v) is 3.79. The molecule has 1 aliphatic carbocycles. The molecule has 0 spiro atoms. The molecule has 0 bridgehead atoms. The third kappa shape index (κ3) is 4.50. The zero-order chi connectivity index (χ0) is 16.8. The van der Waals surface area contributed by atoms with Crippen molar-refractivity contribution >= 4 is 6.03 Å². The van der Waals surface area contributed by atoms with Crippen LogP contribution in [-0.2, 0) is 17.6 Å². The van der Waals surface area contributed by atoms with E-state index in [0.29, 0.717) is 5.92 Å². The van der Waals surface area contributed by atoms with Crippen molar-refractivity contribution in [2.45, 2.75) is 57.9 Å². The van der Waals surface area contributed by atoms with Gasteiger partial charge >= 0.3 is 6.03 Å². The van der Waals surface area contributed by atoms with Crippen LogP contribution >= 0.6 is 0 Å². The Labute approximate surface area is 145 Å². The number of aryl methyl sites for hydroxylation is 2. The normalized spacial score (nSPS) is 19.4. The molecule has 2 N–H and O–H groups in total. The molecule has 0 radical (unpaired) electrons. The van der Waals surface area contributed by atoms with Crippen LogP contribution in [0.25, 0.3) is 0 Å². The van der Waals surface area contributed by atoms with Crippen LogP contribution in [0.3, 0.4) is 0 Å². The summed E-state index contributed by atoms with van der Waals surface area (Å²) >= 11 is 0. The van der Waals surface area contributed by atoms with Crippen LogP contribution in [0.4, 0.5) is 4.79 Å². The molecular weight excluding hydrogens is 300 g/mol. The van der Waals surface area contributed by atoms with E-state index in [1.54, 1.807) is 0 Å². The van der Waals surface area contributed by atoms with Gasteiger partial charge in [-0.15, -0.1) is 0 Å². The number of fused-ring (bicyclic) bond motifs is 1. The van der Waals surface area contributed by atoms with Gasteiger partial charge in [0.25, 0.3) is 0 Å². The maximum Gasteiger partial charge on any atom is 0.315 e. The zero-order valence-corrected chi connectivity index (χ0v) is 14.8. The number of hydrogen-bond acceptors (Lipinski definition) is 2.